The fourth-order valence-electron chi connectivity index (χ4n) is 1.92. The molecule has 19 heavy (non-hydrogen) atoms. The summed E-state index contributed by atoms with van der Waals surface area (Å²) in [5.74, 6) is -0.261. The monoisotopic (exact) mass is 267 g/mol. The van der Waals surface area contributed by atoms with Gasteiger partial charge in [-0.1, -0.05) is 0 Å². The highest BCUT2D eigenvalue weighted by Gasteiger charge is 2.13. The predicted molar refractivity (Wildman–Crippen MR) is 70.2 cm³/mol. The first-order valence-corrected chi connectivity index (χ1v) is 6.44. The molecule has 1 saturated heterocycles. The fourth-order valence-corrected chi connectivity index (χ4v) is 1.92. The Hall–Kier alpha value is -1.69. The molecule has 0 aliphatic carbocycles. The molecule has 0 spiro atoms. The average Bonchev–Trinajstić information content (AvgIpc) is 2.48. The standard InChI is InChI=1S/C13H18FN3O2/c14-3-1-4-16-13(18)12-10-11(2-5-15-12)17-6-8-19-9-7-17/h2,5,10H,1,3-4,6-9H2,(H,16,18). The van der Waals surface area contributed by atoms with E-state index in [-0.39, 0.29) is 5.91 Å². The Morgan fingerprint density at radius 1 is 1.47 bits per heavy atom. The molecule has 0 saturated carbocycles. The number of aromatic nitrogens is 1. The number of nitrogens with one attached hydrogen (secondary N) is 1. The number of rotatable bonds is 5. The van der Waals surface area contributed by atoms with Gasteiger partial charge in [0.15, 0.2) is 0 Å². The Bertz CT molecular complexity index is 422. The van der Waals surface area contributed by atoms with Crippen molar-refractivity contribution in [2.24, 2.45) is 0 Å². The van der Waals surface area contributed by atoms with Crippen molar-refractivity contribution < 1.29 is 13.9 Å². The number of halogens is 1. The van der Waals surface area contributed by atoms with Gasteiger partial charge in [-0.05, 0) is 18.6 Å². The van der Waals surface area contributed by atoms with Crippen molar-refractivity contribution in [2.75, 3.05) is 44.4 Å². The maximum Gasteiger partial charge on any atom is 0.269 e. The molecule has 0 unspecified atom stereocenters. The average molecular weight is 267 g/mol. The number of ether oxygens (including phenoxy) is 1. The lowest BCUT2D eigenvalue weighted by molar-refractivity contribution is 0.0947. The lowest BCUT2D eigenvalue weighted by atomic mass is 10.2. The summed E-state index contributed by atoms with van der Waals surface area (Å²) < 4.78 is 17.3. The van der Waals surface area contributed by atoms with Crippen LogP contribution < -0.4 is 10.2 Å². The number of anilines is 1. The van der Waals surface area contributed by atoms with Crippen LogP contribution in [0.5, 0.6) is 0 Å². The van der Waals surface area contributed by atoms with Crippen molar-refractivity contribution in [3.05, 3.63) is 24.0 Å². The highest BCUT2D eigenvalue weighted by molar-refractivity contribution is 5.93. The first-order chi connectivity index (χ1) is 9.31. The number of hydrogen-bond donors (Lipinski definition) is 1. The van der Waals surface area contributed by atoms with Crippen molar-refractivity contribution in [1.29, 1.82) is 0 Å². The van der Waals surface area contributed by atoms with Crippen LogP contribution in [0.15, 0.2) is 18.3 Å². The minimum Gasteiger partial charge on any atom is -0.378 e. The molecule has 104 valence electrons. The summed E-state index contributed by atoms with van der Waals surface area (Å²) in [4.78, 5) is 18.0. The van der Waals surface area contributed by atoms with Gasteiger partial charge in [-0.2, -0.15) is 0 Å². The van der Waals surface area contributed by atoms with E-state index in [1.807, 2.05) is 6.07 Å². The summed E-state index contributed by atoms with van der Waals surface area (Å²) in [7, 11) is 0. The topological polar surface area (TPSA) is 54.5 Å². The second-order valence-corrected chi connectivity index (χ2v) is 4.30. The molecule has 1 aliphatic rings. The molecular formula is C13H18FN3O2. The first kappa shape index (κ1) is 13.7. The van der Waals surface area contributed by atoms with Gasteiger partial charge in [0.2, 0.25) is 0 Å². The molecule has 1 amide bonds. The summed E-state index contributed by atoms with van der Waals surface area (Å²) in [5, 5.41) is 2.65. The summed E-state index contributed by atoms with van der Waals surface area (Å²) in [6, 6.07) is 3.64. The Kier molecular flexibility index (Phi) is 5.09. The molecule has 2 rings (SSSR count). The van der Waals surface area contributed by atoms with Crippen molar-refractivity contribution >= 4 is 11.6 Å². The zero-order valence-electron chi connectivity index (χ0n) is 10.8. The van der Waals surface area contributed by atoms with E-state index in [4.69, 9.17) is 4.74 Å². The minimum absolute atomic E-state index is 0.261. The smallest absolute Gasteiger partial charge is 0.269 e. The third-order valence-corrected chi connectivity index (χ3v) is 2.95. The van der Waals surface area contributed by atoms with Crippen LogP contribution >= 0.6 is 0 Å². The van der Waals surface area contributed by atoms with Crippen LogP contribution in [-0.2, 0) is 4.74 Å². The summed E-state index contributed by atoms with van der Waals surface area (Å²) in [6.45, 7) is 2.92. The van der Waals surface area contributed by atoms with Crippen molar-refractivity contribution in [3.63, 3.8) is 0 Å². The number of carbonyl (C=O) groups excluding carboxylic acids is 1. The molecule has 1 aromatic rings. The molecule has 1 N–H and O–H groups in total. The second-order valence-electron chi connectivity index (χ2n) is 4.30. The van der Waals surface area contributed by atoms with Gasteiger partial charge in [0.05, 0.1) is 19.9 Å². The van der Waals surface area contributed by atoms with E-state index < -0.39 is 6.67 Å². The lowest BCUT2D eigenvalue weighted by Crippen LogP contribution is -2.36. The molecule has 0 bridgehead atoms. The third-order valence-electron chi connectivity index (χ3n) is 2.95. The van der Waals surface area contributed by atoms with Crippen molar-refractivity contribution in [1.82, 2.24) is 10.3 Å². The van der Waals surface area contributed by atoms with Gasteiger partial charge in [0.1, 0.15) is 5.69 Å². The zero-order valence-corrected chi connectivity index (χ0v) is 10.8. The van der Waals surface area contributed by atoms with E-state index >= 15 is 0 Å². The van der Waals surface area contributed by atoms with Gasteiger partial charge < -0.3 is 15.0 Å². The highest BCUT2D eigenvalue weighted by Crippen LogP contribution is 2.15. The van der Waals surface area contributed by atoms with E-state index in [0.29, 0.717) is 31.9 Å². The van der Waals surface area contributed by atoms with Gasteiger partial charge >= 0.3 is 0 Å². The van der Waals surface area contributed by atoms with Crippen molar-refractivity contribution in [2.45, 2.75) is 6.42 Å². The van der Waals surface area contributed by atoms with Gasteiger partial charge in [-0.15, -0.1) is 0 Å². The molecule has 5 nitrogen and oxygen atoms in total. The van der Waals surface area contributed by atoms with Gasteiger partial charge in [0.25, 0.3) is 5.91 Å². The summed E-state index contributed by atoms with van der Waals surface area (Å²) >= 11 is 0. The van der Waals surface area contributed by atoms with Crippen LogP contribution in [0.3, 0.4) is 0 Å². The molecule has 2 heterocycles. The Balaban J connectivity index is 1.99. The Morgan fingerprint density at radius 2 is 2.26 bits per heavy atom. The fraction of sp³-hybridized carbons (Fsp3) is 0.538. The second kappa shape index (κ2) is 7.04. The number of hydrogen-bond acceptors (Lipinski definition) is 4. The van der Waals surface area contributed by atoms with E-state index in [9.17, 15) is 9.18 Å². The van der Waals surface area contributed by atoms with Crippen LogP contribution in [0.2, 0.25) is 0 Å². The predicted octanol–water partition coefficient (Wildman–Crippen LogP) is 1.01. The quantitative estimate of drug-likeness (QED) is 0.809. The van der Waals surface area contributed by atoms with Crippen LogP contribution in [0.1, 0.15) is 16.9 Å². The summed E-state index contributed by atoms with van der Waals surface area (Å²) in [5.41, 5.74) is 1.33. The normalized spacial score (nSPS) is 15.3. The highest BCUT2D eigenvalue weighted by atomic mass is 19.1. The molecule has 1 aromatic heterocycles. The largest absolute Gasteiger partial charge is 0.378 e. The van der Waals surface area contributed by atoms with E-state index in [1.54, 1.807) is 12.3 Å². The molecule has 0 atom stereocenters. The van der Waals surface area contributed by atoms with Crippen LogP contribution in [0.4, 0.5) is 10.1 Å². The van der Waals surface area contributed by atoms with Gasteiger partial charge in [-0.3, -0.25) is 14.2 Å². The maximum absolute atomic E-state index is 12.0. The third kappa shape index (κ3) is 3.89. The Morgan fingerprint density at radius 3 is 3.00 bits per heavy atom. The molecule has 1 fully saturated rings. The van der Waals surface area contributed by atoms with E-state index in [1.165, 1.54) is 0 Å². The molecule has 0 radical (unpaired) electrons. The molecule has 6 heteroatoms. The maximum atomic E-state index is 12.0. The molecule has 0 aromatic carbocycles. The van der Waals surface area contributed by atoms with E-state index in [0.717, 1.165) is 18.8 Å². The first-order valence-electron chi connectivity index (χ1n) is 6.44. The Labute approximate surface area is 111 Å². The summed E-state index contributed by atoms with van der Waals surface area (Å²) in [6.07, 6.45) is 1.95. The number of amides is 1. The number of morpholine rings is 1. The van der Waals surface area contributed by atoms with Crippen molar-refractivity contribution in [3.8, 4) is 0 Å². The number of pyridine rings is 1. The SMILES string of the molecule is O=C(NCCCF)c1cc(N2CCOCC2)ccn1. The number of nitrogens with zero attached hydrogens (tertiary/aromatic N) is 2. The molecule has 1 aliphatic heterocycles. The lowest BCUT2D eigenvalue weighted by Gasteiger charge is -2.28. The van der Waals surface area contributed by atoms with Crippen LogP contribution in [0.25, 0.3) is 0 Å². The zero-order chi connectivity index (χ0) is 13.5. The van der Waals surface area contributed by atoms with Gasteiger partial charge in [0, 0.05) is 31.5 Å². The number of carbonyl (C=O) groups is 1. The van der Waals surface area contributed by atoms with E-state index in [2.05, 4.69) is 15.2 Å². The number of alkyl halides is 1. The minimum atomic E-state index is -0.429. The van der Waals surface area contributed by atoms with Crippen LogP contribution in [-0.4, -0.2) is 50.4 Å². The van der Waals surface area contributed by atoms with Gasteiger partial charge in [-0.25, -0.2) is 0 Å². The molecular weight excluding hydrogens is 249 g/mol. The van der Waals surface area contributed by atoms with Crippen LogP contribution in [0, 0.1) is 0 Å².